The van der Waals surface area contributed by atoms with E-state index in [0.29, 0.717) is 24.2 Å². The van der Waals surface area contributed by atoms with Crippen LogP contribution in [-0.4, -0.2) is 46.9 Å². The first-order chi connectivity index (χ1) is 14.3. The van der Waals surface area contributed by atoms with Gasteiger partial charge >= 0.3 is 0 Å². The van der Waals surface area contributed by atoms with Crippen molar-refractivity contribution in [3.05, 3.63) is 89.7 Å². The zero-order chi connectivity index (χ0) is 20.1. The zero-order valence-electron chi connectivity index (χ0n) is 16.2. The fourth-order valence-electron chi connectivity index (χ4n) is 3.75. The summed E-state index contributed by atoms with van der Waals surface area (Å²) in [6.07, 6.45) is 3.67. The lowest BCUT2D eigenvalue weighted by Crippen LogP contribution is -2.48. The molecule has 0 N–H and O–H groups in total. The van der Waals surface area contributed by atoms with Gasteiger partial charge in [0.05, 0.1) is 11.6 Å². The molecule has 29 heavy (non-hydrogen) atoms. The van der Waals surface area contributed by atoms with Crippen molar-refractivity contribution in [2.75, 3.05) is 26.2 Å². The van der Waals surface area contributed by atoms with E-state index in [-0.39, 0.29) is 5.91 Å². The topological polar surface area (TPSA) is 60.2 Å². The molecule has 2 aromatic carbocycles. The average Bonchev–Trinajstić information content (AvgIpc) is 2.80. The van der Waals surface area contributed by atoms with Gasteiger partial charge in [-0.05, 0) is 29.3 Å². The lowest BCUT2D eigenvalue weighted by atomic mass is 9.95. The van der Waals surface area contributed by atoms with E-state index in [0.717, 1.165) is 30.8 Å². The number of amides is 1. The van der Waals surface area contributed by atoms with Crippen molar-refractivity contribution in [3.8, 4) is 17.2 Å². The second-order valence-corrected chi connectivity index (χ2v) is 7.13. The Morgan fingerprint density at radius 1 is 0.931 bits per heavy atom. The summed E-state index contributed by atoms with van der Waals surface area (Å²) in [6.45, 7) is 3.89. The molecule has 1 saturated heterocycles. The summed E-state index contributed by atoms with van der Waals surface area (Å²) in [4.78, 5) is 21.7. The number of aromatic nitrogens is 1. The lowest BCUT2D eigenvalue weighted by molar-refractivity contribution is 0.0629. The van der Waals surface area contributed by atoms with Crippen LogP contribution in [0.3, 0.4) is 0 Å². The summed E-state index contributed by atoms with van der Waals surface area (Å²) in [5.41, 5.74) is 4.03. The van der Waals surface area contributed by atoms with Gasteiger partial charge in [-0.15, -0.1) is 0 Å². The number of piperazine rings is 1. The number of pyridine rings is 1. The molecule has 5 nitrogen and oxygen atoms in total. The highest BCUT2D eigenvalue weighted by molar-refractivity contribution is 6.01. The quantitative estimate of drug-likeness (QED) is 0.692. The molecule has 2 heterocycles. The molecule has 0 spiro atoms. The first kappa shape index (κ1) is 18.9. The molecule has 144 valence electrons. The van der Waals surface area contributed by atoms with E-state index in [9.17, 15) is 10.1 Å². The summed E-state index contributed by atoms with van der Waals surface area (Å²) in [6, 6.07) is 21.2. The molecule has 5 heteroatoms. The predicted molar refractivity (Wildman–Crippen MR) is 112 cm³/mol. The zero-order valence-corrected chi connectivity index (χ0v) is 16.2. The molecule has 4 rings (SSSR count). The highest BCUT2D eigenvalue weighted by Gasteiger charge is 2.24. The molecule has 1 fully saturated rings. The van der Waals surface area contributed by atoms with Crippen LogP contribution in [0.25, 0.3) is 11.1 Å². The van der Waals surface area contributed by atoms with Crippen LogP contribution in [0.2, 0.25) is 0 Å². The van der Waals surface area contributed by atoms with Crippen LogP contribution in [0.5, 0.6) is 0 Å². The van der Waals surface area contributed by atoms with Crippen molar-refractivity contribution in [3.63, 3.8) is 0 Å². The second-order valence-electron chi connectivity index (χ2n) is 7.13. The van der Waals surface area contributed by atoms with Crippen molar-refractivity contribution in [1.29, 1.82) is 5.26 Å². The van der Waals surface area contributed by atoms with Gasteiger partial charge in [-0.1, -0.05) is 42.5 Å². The third-order valence-electron chi connectivity index (χ3n) is 5.28. The second kappa shape index (κ2) is 8.68. The number of carbonyl (C=O) groups excluding carboxylic acids is 1. The molecule has 1 aliphatic rings. The van der Waals surface area contributed by atoms with E-state index in [1.807, 2.05) is 59.6 Å². The molecular weight excluding hydrogens is 360 g/mol. The van der Waals surface area contributed by atoms with Gasteiger partial charge < -0.3 is 4.90 Å². The van der Waals surface area contributed by atoms with Gasteiger partial charge in [-0.2, -0.15) is 5.26 Å². The summed E-state index contributed by atoms with van der Waals surface area (Å²) in [5.74, 6) is 0.0226. The van der Waals surface area contributed by atoms with Gasteiger partial charge in [0.2, 0.25) is 0 Å². The Bertz CT molecular complexity index is 1030. The van der Waals surface area contributed by atoms with E-state index in [1.165, 1.54) is 5.56 Å². The van der Waals surface area contributed by atoms with Crippen LogP contribution in [0, 0.1) is 11.3 Å². The summed E-state index contributed by atoms with van der Waals surface area (Å²) in [7, 11) is 0. The van der Waals surface area contributed by atoms with Crippen LogP contribution in [-0.2, 0) is 6.54 Å². The Morgan fingerprint density at radius 3 is 2.38 bits per heavy atom. The van der Waals surface area contributed by atoms with Crippen molar-refractivity contribution in [2.24, 2.45) is 0 Å². The van der Waals surface area contributed by atoms with Gasteiger partial charge in [-0.25, -0.2) is 0 Å². The maximum atomic E-state index is 13.3. The first-order valence-electron chi connectivity index (χ1n) is 9.75. The maximum Gasteiger partial charge on any atom is 0.254 e. The molecule has 0 atom stereocenters. The lowest BCUT2D eigenvalue weighted by Gasteiger charge is -2.35. The number of rotatable bonds is 4. The predicted octanol–water partition coefficient (Wildman–Crippen LogP) is 3.58. The Hall–Kier alpha value is -3.49. The molecule has 1 amide bonds. The van der Waals surface area contributed by atoms with E-state index in [4.69, 9.17) is 0 Å². The van der Waals surface area contributed by atoms with E-state index in [2.05, 4.69) is 22.0 Å². The normalized spacial score (nSPS) is 14.4. The molecule has 1 aromatic heterocycles. The number of benzene rings is 2. The molecule has 0 aliphatic carbocycles. The first-order valence-corrected chi connectivity index (χ1v) is 9.75. The fraction of sp³-hybridized carbons (Fsp3) is 0.208. The Kier molecular flexibility index (Phi) is 5.64. The summed E-state index contributed by atoms with van der Waals surface area (Å²) < 4.78 is 0. The van der Waals surface area contributed by atoms with Crippen LogP contribution in [0.15, 0.2) is 73.1 Å². The Labute approximate surface area is 170 Å². The molecular formula is C24H22N4O. The van der Waals surface area contributed by atoms with E-state index >= 15 is 0 Å². The van der Waals surface area contributed by atoms with Crippen LogP contribution in [0.1, 0.15) is 21.5 Å². The average molecular weight is 382 g/mol. The highest BCUT2D eigenvalue weighted by Crippen LogP contribution is 2.28. The van der Waals surface area contributed by atoms with Gasteiger partial charge in [-0.3, -0.25) is 14.7 Å². The van der Waals surface area contributed by atoms with Crippen LogP contribution >= 0.6 is 0 Å². The number of carbonyl (C=O) groups is 1. The maximum absolute atomic E-state index is 13.3. The number of hydrogen-bond donors (Lipinski definition) is 0. The Morgan fingerprint density at radius 2 is 1.66 bits per heavy atom. The van der Waals surface area contributed by atoms with E-state index < -0.39 is 0 Å². The highest BCUT2D eigenvalue weighted by atomic mass is 16.2. The smallest absolute Gasteiger partial charge is 0.254 e. The molecule has 0 bridgehead atoms. The minimum atomic E-state index is 0.0226. The molecule has 0 radical (unpaired) electrons. The minimum Gasteiger partial charge on any atom is -0.336 e. The molecule has 0 saturated carbocycles. The van der Waals surface area contributed by atoms with Crippen molar-refractivity contribution < 1.29 is 4.79 Å². The van der Waals surface area contributed by atoms with Gasteiger partial charge in [0.25, 0.3) is 5.91 Å². The van der Waals surface area contributed by atoms with Gasteiger partial charge in [0, 0.05) is 56.2 Å². The monoisotopic (exact) mass is 382 g/mol. The molecule has 1 aliphatic heterocycles. The van der Waals surface area contributed by atoms with Gasteiger partial charge in [0.1, 0.15) is 0 Å². The third kappa shape index (κ3) is 4.18. The SMILES string of the molecule is N#Cc1ccccc1-c1ccccc1C(=O)N1CCN(Cc2cccnc2)CC1. The Balaban J connectivity index is 1.49. The van der Waals surface area contributed by atoms with Crippen molar-refractivity contribution >= 4 is 5.91 Å². The van der Waals surface area contributed by atoms with Crippen LogP contribution < -0.4 is 0 Å². The van der Waals surface area contributed by atoms with Crippen molar-refractivity contribution in [1.82, 2.24) is 14.8 Å². The minimum absolute atomic E-state index is 0.0226. The summed E-state index contributed by atoms with van der Waals surface area (Å²) >= 11 is 0. The fourth-order valence-corrected chi connectivity index (χ4v) is 3.75. The summed E-state index contributed by atoms with van der Waals surface area (Å²) in [5, 5.41) is 9.45. The number of nitriles is 1. The van der Waals surface area contributed by atoms with E-state index in [1.54, 1.807) is 12.3 Å². The molecule has 3 aromatic rings. The third-order valence-corrected chi connectivity index (χ3v) is 5.28. The van der Waals surface area contributed by atoms with Crippen molar-refractivity contribution in [2.45, 2.75) is 6.54 Å². The van der Waals surface area contributed by atoms with Gasteiger partial charge in [0.15, 0.2) is 0 Å². The number of nitrogens with zero attached hydrogens (tertiary/aromatic N) is 4. The molecule has 0 unspecified atom stereocenters. The van der Waals surface area contributed by atoms with Crippen LogP contribution in [0.4, 0.5) is 0 Å². The number of hydrogen-bond acceptors (Lipinski definition) is 4. The standard InChI is InChI=1S/C24H22N4O/c25-16-20-7-1-2-8-21(20)22-9-3-4-10-23(22)24(29)28-14-12-27(13-15-28)18-19-6-5-11-26-17-19/h1-11,17H,12-15,18H2. The largest absolute Gasteiger partial charge is 0.336 e.